The van der Waals surface area contributed by atoms with Crippen molar-refractivity contribution in [3.63, 3.8) is 0 Å². The quantitative estimate of drug-likeness (QED) is 0.861. The summed E-state index contributed by atoms with van der Waals surface area (Å²) in [4.78, 5) is 24.5. The average Bonchev–Trinajstić information content (AvgIpc) is 3.09. The third kappa shape index (κ3) is 1.83. The average molecular weight is 287 g/mol. The number of rotatable bonds is 3. The molecule has 1 N–H and O–H groups in total. The second kappa shape index (κ2) is 4.48. The molecule has 1 heterocycles. The van der Waals surface area contributed by atoms with Crippen LogP contribution >= 0.6 is 0 Å². The summed E-state index contributed by atoms with van der Waals surface area (Å²) in [7, 11) is 1.60. The smallest absolute Gasteiger partial charge is 0.310 e. The number of hydrogen-bond acceptors (Lipinski definition) is 4. The second-order valence-corrected chi connectivity index (χ2v) is 6.14. The SMILES string of the molecule is COc1ccc(NC(=O)[C@@H]2[C@@H]3C[C@@H]4[C@@H]2C(=O)O[C@H]4C3)cc1. The van der Waals surface area contributed by atoms with E-state index in [1.165, 1.54) is 0 Å². The fraction of sp³-hybridized carbons (Fsp3) is 0.500. The van der Waals surface area contributed by atoms with Gasteiger partial charge in [-0.05, 0) is 43.0 Å². The van der Waals surface area contributed by atoms with Gasteiger partial charge in [-0.25, -0.2) is 0 Å². The van der Waals surface area contributed by atoms with Crippen molar-refractivity contribution in [1.29, 1.82) is 0 Å². The predicted octanol–water partition coefficient (Wildman–Crippen LogP) is 1.83. The molecule has 0 radical (unpaired) electrons. The van der Waals surface area contributed by atoms with Gasteiger partial charge in [0.1, 0.15) is 11.9 Å². The minimum atomic E-state index is -0.233. The minimum Gasteiger partial charge on any atom is -0.497 e. The summed E-state index contributed by atoms with van der Waals surface area (Å²) in [6.07, 6.45) is 1.85. The van der Waals surface area contributed by atoms with Crippen molar-refractivity contribution in [1.82, 2.24) is 0 Å². The zero-order chi connectivity index (χ0) is 14.6. The first-order valence-electron chi connectivity index (χ1n) is 7.33. The van der Waals surface area contributed by atoms with Gasteiger partial charge in [-0.2, -0.15) is 0 Å². The number of carbonyl (C=O) groups excluding carboxylic acids is 2. The van der Waals surface area contributed by atoms with E-state index in [-0.39, 0.29) is 41.7 Å². The Balaban J connectivity index is 1.51. The standard InChI is InChI=1S/C16H17NO4/c1-20-10-4-2-9(3-5-10)17-15(18)13-8-6-11-12(7-8)21-16(19)14(11)13/h2-5,8,11-14H,6-7H2,1H3,(H,17,18)/t8-,11+,12+,13-,14+/m1/s1. The Morgan fingerprint density at radius 2 is 2.05 bits per heavy atom. The fourth-order valence-corrected chi connectivity index (χ4v) is 4.26. The zero-order valence-corrected chi connectivity index (χ0v) is 11.7. The van der Waals surface area contributed by atoms with E-state index in [0.717, 1.165) is 24.3 Å². The van der Waals surface area contributed by atoms with Crippen molar-refractivity contribution in [2.45, 2.75) is 18.9 Å². The Bertz CT molecular complexity index is 595. The van der Waals surface area contributed by atoms with Crippen molar-refractivity contribution >= 4 is 17.6 Å². The summed E-state index contributed by atoms with van der Waals surface area (Å²) in [5, 5.41) is 2.92. The molecule has 1 aliphatic heterocycles. The summed E-state index contributed by atoms with van der Waals surface area (Å²) >= 11 is 0. The molecule has 4 rings (SSSR count). The molecule has 2 saturated carbocycles. The summed E-state index contributed by atoms with van der Waals surface area (Å²) in [5.74, 6) is 0.587. The molecular formula is C16H17NO4. The van der Waals surface area contributed by atoms with E-state index in [4.69, 9.17) is 9.47 Å². The van der Waals surface area contributed by atoms with Gasteiger partial charge in [0.25, 0.3) is 0 Å². The van der Waals surface area contributed by atoms with Gasteiger partial charge in [0.05, 0.1) is 18.9 Å². The Morgan fingerprint density at radius 3 is 2.76 bits per heavy atom. The number of methoxy groups -OCH3 is 1. The first-order chi connectivity index (χ1) is 10.2. The Labute approximate surface area is 122 Å². The van der Waals surface area contributed by atoms with Crippen LogP contribution in [-0.2, 0) is 14.3 Å². The van der Waals surface area contributed by atoms with Crippen LogP contribution in [0, 0.1) is 23.7 Å². The highest BCUT2D eigenvalue weighted by molar-refractivity contribution is 5.97. The van der Waals surface area contributed by atoms with E-state index in [0.29, 0.717) is 0 Å². The summed E-state index contributed by atoms with van der Waals surface area (Å²) in [5.41, 5.74) is 0.728. The molecule has 2 aliphatic carbocycles. The first-order valence-corrected chi connectivity index (χ1v) is 7.33. The van der Waals surface area contributed by atoms with Crippen LogP contribution in [0.25, 0.3) is 0 Å². The van der Waals surface area contributed by atoms with Gasteiger partial charge in [-0.15, -0.1) is 0 Å². The molecule has 110 valence electrons. The van der Waals surface area contributed by atoms with Crippen LogP contribution in [0.3, 0.4) is 0 Å². The number of nitrogens with one attached hydrogen (secondary N) is 1. The number of benzene rings is 1. The van der Waals surface area contributed by atoms with Crippen LogP contribution in [0.5, 0.6) is 5.75 Å². The highest BCUT2D eigenvalue weighted by atomic mass is 16.6. The Morgan fingerprint density at radius 1 is 1.29 bits per heavy atom. The van der Waals surface area contributed by atoms with E-state index in [1.807, 2.05) is 0 Å². The van der Waals surface area contributed by atoms with Gasteiger partial charge in [-0.1, -0.05) is 0 Å². The fourth-order valence-electron chi connectivity index (χ4n) is 4.26. The molecule has 0 aromatic heterocycles. The second-order valence-electron chi connectivity index (χ2n) is 6.14. The molecular weight excluding hydrogens is 270 g/mol. The summed E-state index contributed by atoms with van der Waals surface area (Å²) in [6, 6.07) is 7.21. The molecule has 3 aliphatic rings. The molecule has 3 fully saturated rings. The Kier molecular flexibility index (Phi) is 2.71. The van der Waals surface area contributed by atoms with Crippen LogP contribution < -0.4 is 10.1 Å². The maximum absolute atomic E-state index is 12.5. The lowest BCUT2D eigenvalue weighted by molar-refractivity contribution is -0.145. The molecule has 1 aromatic carbocycles. The van der Waals surface area contributed by atoms with Gasteiger partial charge in [0.15, 0.2) is 0 Å². The molecule has 1 saturated heterocycles. The largest absolute Gasteiger partial charge is 0.497 e. The molecule has 5 nitrogen and oxygen atoms in total. The van der Waals surface area contributed by atoms with E-state index in [1.54, 1.807) is 31.4 Å². The van der Waals surface area contributed by atoms with Crippen LogP contribution in [-0.4, -0.2) is 25.1 Å². The minimum absolute atomic E-state index is 0.0602. The van der Waals surface area contributed by atoms with Crippen LogP contribution in [0.1, 0.15) is 12.8 Å². The van der Waals surface area contributed by atoms with Crippen LogP contribution in [0.4, 0.5) is 5.69 Å². The lowest BCUT2D eigenvalue weighted by atomic mass is 9.79. The molecule has 1 amide bonds. The van der Waals surface area contributed by atoms with Crippen LogP contribution in [0.2, 0.25) is 0 Å². The number of esters is 1. The van der Waals surface area contributed by atoms with Crippen molar-refractivity contribution in [3.8, 4) is 5.75 Å². The number of fused-ring (bicyclic) bond motifs is 1. The highest BCUT2D eigenvalue weighted by Gasteiger charge is 2.63. The molecule has 2 bridgehead atoms. The van der Waals surface area contributed by atoms with Crippen LogP contribution in [0.15, 0.2) is 24.3 Å². The monoisotopic (exact) mass is 287 g/mol. The lowest BCUT2D eigenvalue weighted by Gasteiger charge is -2.23. The van der Waals surface area contributed by atoms with Crippen molar-refractivity contribution in [2.75, 3.05) is 12.4 Å². The first kappa shape index (κ1) is 12.7. The molecule has 0 unspecified atom stereocenters. The topological polar surface area (TPSA) is 64.6 Å². The van der Waals surface area contributed by atoms with Gasteiger partial charge in [-0.3, -0.25) is 9.59 Å². The third-order valence-corrected chi connectivity index (χ3v) is 5.14. The van der Waals surface area contributed by atoms with E-state index in [9.17, 15) is 9.59 Å². The zero-order valence-electron chi connectivity index (χ0n) is 11.7. The number of hydrogen-bond donors (Lipinski definition) is 1. The van der Waals surface area contributed by atoms with E-state index in [2.05, 4.69) is 5.32 Å². The van der Waals surface area contributed by atoms with Crippen molar-refractivity contribution < 1.29 is 19.1 Å². The summed E-state index contributed by atoms with van der Waals surface area (Å²) < 4.78 is 10.5. The molecule has 21 heavy (non-hydrogen) atoms. The highest BCUT2D eigenvalue weighted by Crippen LogP contribution is 2.57. The summed E-state index contributed by atoms with van der Waals surface area (Å²) in [6.45, 7) is 0. The van der Waals surface area contributed by atoms with E-state index < -0.39 is 0 Å². The maximum Gasteiger partial charge on any atom is 0.310 e. The molecule has 1 aromatic rings. The van der Waals surface area contributed by atoms with E-state index >= 15 is 0 Å². The predicted molar refractivity (Wildman–Crippen MR) is 74.7 cm³/mol. The van der Waals surface area contributed by atoms with Gasteiger partial charge < -0.3 is 14.8 Å². The molecule has 0 spiro atoms. The number of carbonyl (C=O) groups is 2. The molecule has 5 atom stereocenters. The van der Waals surface area contributed by atoms with Gasteiger partial charge in [0, 0.05) is 11.6 Å². The number of amides is 1. The van der Waals surface area contributed by atoms with Gasteiger partial charge in [0.2, 0.25) is 5.91 Å². The normalized spacial score (nSPS) is 35.7. The van der Waals surface area contributed by atoms with Crippen molar-refractivity contribution in [3.05, 3.63) is 24.3 Å². The van der Waals surface area contributed by atoms with Crippen molar-refractivity contribution in [2.24, 2.45) is 23.7 Å². The lowest BCUT2D eigenvalue weighted by Crippen LogP contribution is -2.35. The molecule has 5 heteroatoms. The Hall–Kier alpha value is -2.04. The maximum atomic E-state index is 12.5. The number of ether oxygens (including phenoxy) is 2. The number of anilines is 1. The third-order valence-electron chi connectivity index (χ3n) is 5.14. The van der Waals surface area contributed by atoms with Gasteiger partial charge >= 0.3 is 5.97 Å².